The number of nitrogens with zero attached hydrogens (tertiary/aromatic N) is 1. The van der Waals surface area contributed by atoms with Crippen molar-refractivity contribution in [2.24, 2.45) is 0 Å². The Morgan fingerprint density at radius 1 is 0.962 bits per heavy atom. The summed E-state index contributed by atoms with van der Waals surface area (Å²) in [5.41, 5.74) is 2.17. The number of fused-ring (bicyclic) bond motifs is 2. The molecule has 2 amide bonds. The summed E-state index contributed by atoms with van der Waals surface area (Å²) in [5.74, 6) is 0.512. The fourth-order valence-corrected chi connectivity index (χ4v) is 5.43. The lowest BCUT2D eigenvalue weighted by Gasteiger charge is -2.42. The summed E-state index contributed by atoms with van der Waals surface area (Å²) < 4.78 is 0. The van der Waals surface area contributed by atoms with Crippen LogP contribution in [0.25, 0.3) is 0 Å². The van der Waals surface area contributed by atoms with E-state index < -0.39 is 0 Å². The van der Waals surface area contributed by atoms with Gasteiger partial charge in [0.1, 0.15) is 0 Å². The summed E-state index contributed by atoms with van der Waals surface area (Å²) in [6.07, 6.45) is 10.4. The molecule has 2 heterocycles. The zero-order valence-corrected chi connectivity index (χ0v) is 16.2. The molecule has 1 aromatic rings. The zero-order chi connectivity index (χ0) is 18.1. The van der Waals surface area contributed by atoms with E-state index in [1.165, 1.54) is 44.1 Å². The average Bonchev–Trinajstić information content (AvgIpc) is 3.21. The second-order valence-electron chi connectivity index (χ2n) is 8.81. The van der Waals surface area contributed by atoms with Crippen molar-refractivity contribution in [2.75, 3.05) is 5.32 Å². The SMILES string of the molecule is CC(C)c1ccc(NC(=O)NC2C[C@H]3CC[C@@H](C2)N3C2CCCC2)cc1. The van der Waals surface area contributed by atoms with Gasteiger partial charge in [0.25, 0.3) is 0 Å². The number of nitrogens with one attached hydrogen (secondary N) is 2. The second kappa shape index (κ2) is 7.59. The lowest BCUT2D eigenvalue weighted by molar-refractivity contribution is 0.0747. The minimum Gasteiger partial charge on any atom is -0.335 e. The van der Waals surface area contributed by atoms with Crippen LogP contribution in [0.1, 0.15) is 76.7 Å². The molecule has 142 valence electrons. The van der Waals surface area contributed by atoms with E-state index in [1.54, 1.807) is 0 Å². The van der Waals surface area contributed by atoms with E-state index in [0.717, 1.165) is 24.6 Å². The molecule has 2 bridgehead atoms. The Bertz CT molecular complexity index is 607. The first kappa shape index (κ1) is 17.8. The highest BCUT2D eigenvalue weighted by Gasteiger charge is 2.44. The third kappa shape index (κ3) is 3.75. The third-order valence-corrected chi connectivity index (χ3v) is 6.71. The van der Waals surface area contributed by atoms with Gasteiger partial charge in [-0.3, -0.25) is 4.90 Å². The maximum absolute atomic E-state index is 12.4. The molecule has 4 nitrogen and oxygen atoms in total. The predicted molar refractivity (Wildman–Crippen MR) is 107 cm³/mol. The van der Waals surface area contributed by atoms with Gasteiger partial charge in [0, 0.05) is 29.9 Å². The molecule has 1 saturated carbocycles. The number of urea groups is 1. The van der Waals surface area contributed by atoms with Crippen molar-refractivity contribution in [1.82, 2.24) is 10.2 Å². The number of rotatable bonds is 4. The molecule has 26 heavy (non-hydrogen) atoms. The number of piperidine rings is 1. The molecule has 2 saturated heterocycles. The highest BCUT2D eigenvalue weighted by atomic mass is 16.2. The Kier molecular flexibility index (Phi) is 5.21. The number of anilines is 1. The number of amides is 2. The van der Waals surface area contributed by atoms with Crippen molar-refractivity contribution in [3.8, 4) is 0 Å². The molecule has 2 N–H and O–H groups in total. The van der Waals surface area contributed by atoms with Crippen LogP contribution in [0.4, 0.5) is 10.5 Å². The lowest BCUT2D eigenvalue weighted by Crippen LogP contribution is -2.53. The normalized spacial score (nSPS) is 29.3. The topological polar surface area (TPSA) is 44.4 Å². The molecule has 1 aromatic carbocycles. The molecule has 0 spiro atoms. The summed E-state index contributed by atoms with van der Waals surface area (Å²) in [7, 11) is 0. The monoisotopic (exact) mass is 355 g/mol. The van der Waals surface area contributed by atoms with Crippen LogP contribution in [0, 0.1) is 0 Å². The van der Waals surface area contributed by atoms with Gasteiger partial charge in [0.15, 0.2) is 0 Å². The Hall–Kier alpha value is -1.55. The van der Waals surface area contributed by atoms with Crippen molar-refractivity contribution in [1.29, 1.82) is 0 Å². The van der Waals surface area contributed by atoms with Gasteiger partial charge in [-0.05, 0) is 62.1 Å². The van der Waals surface area contributed by atoms with Gasteiger partial charge in [0.05, 0.1) is 0 Å². The highest BCUT2D eigenvalue weighted by Crippen LogP contribution is 2.41. The average molecular weight is 356 g/mol. The summed E-state index contributed by atoms with van der Waals surface area (Å²) in [4.78, 5) is 15.3. The van der Waals surface area contributed by atoms with Crippen molar-refractivity contribution in [3.05, 3.63) is 29.8 Å². The van der Waals surface area contributed by atoms with Crippen LogP contribution in [0.2, 0.25) is 0 Å². The summed E-state index contributed by atoms with van der Waals surface area (Å²) in [6, 6.07) is 10.7. The Balaban J connectivity index is 1.30. The quantitative estimate of drug-likeness (QED) is 0.809. The van der Waals surface area contributed by atoms with E-state index in [-0.39, 0.29) is 6.03 Å². The molecule has 3 aliphatic rings. The minimum absolute atomic E-state index is 0.0546. The first-order chi connectivity index (χ1) is 12.6. The number of benzene rings is 1. The number of carbonyl (C=O) groups is 1. The molecule has 0 aromatic heterocycles. The summed E-state index contributed by atoms with van der Waals surface area (Å²) >= 11 is 0. The van der Waals surface area contributed by atoms with Crippen molar-refractivity contribution >= 4 is 11.7 Å². The standard InChI is InChI=1S/C22H33N3O/c1-15(2)16-7-9-17(10-8-16)23-22(26)24-18-13-20-11-12-21(14-18)25(20)19-5-3-4-6-19/h7-10,15,18-21H,3-6,11-14H2,1-2H3,(H2,23,24,26)/t18?,20-,21+. The molecule has 4 heteroatoms. The van der Waals surface area contributed by atoms with Crippen molar-refractivity contribution < 1.29 is 4.79 Å². The summed E-state index contributed by atoms with van der Waals surface area (Å²) in [5, 5.41) is 6.25. The van der Waals surface area contributed by atoms with Crippen LogP contribution in [-0.2, 0) is 0 Å². The first-order valence-corrected chi connectivity index (χ1v) is 10.5. The maximum atomic E-state index is 12.4. The number of carbonyl (C=O) groups excluding carboxylic acids is 1. The van der Waals surface area contributed by atoms with Crippen LogP contribution < -0.4 is 10.6 Å². The third-order valence-electron chi connectivity index (χ3n) is 6.71. The molecule has 3 atom stereocenters. The fourth-order valence-electron chi connectivity index (χ4n) is 5.43. The molecule has 3 fully saturated rings. The number of hydrogen-bond donors (Lipinski definition) is 2. The largest absolute Gasteiger partial charge is 0.335 e. The Morgan fingerprint density at radius 3 is 2.15 bits per heavy atom. The molecule has 1 aliphatic carbocycles. The van der Waals surface area contributed by atoms with Gasteiger partial charge in [-0.2, -0.15) is 0 Å². The minimum atomic E-state index is -0.0546. The van der Waals surface area contributed by atoms with Crippen LogP contribution in [0.15, 0.2) is 24.3 Å². The second-order valence-corrected chi connectivity index (χ2v) is 8.81. The molecular formula is C22H33N3O. The van der Waals surface area contributed by atoms with Gasteiger partial charge in [-0.25, -0.2) is 4.79 Å². The van der Waals surface area contributed by atoms with Crippen molar-refractivity contribution in [2.45, 2.75) is 95.3 Å². The molecule has 1 unspecified atom stereocenters. The van der Waals surface area contributed by atoms with Crippen LogP contribution in [0.3, 0.4) is 0 Å². The lowest BCUT2D eigenvalue weighted by atomic mass is 9.95. The van der Waals surface area contributed by atoms with E-state index in [2.05, 4.69) is 41.5 Å². The van der Waals surface area contributed by atoms with Gasteiger partial charge < -0.3 is 10.6 Å². The fraction of sp³-hybridized carbons (Fsp3) is 0.682. The molecule has 4 rings (SSSR count). The maximum Gasteiger partial charge on any atom is 0.319 e. The van der Waals surface area contributed by atoms with Crippen LogP contribution in [-0.4, -0.2) is 35.1 Å². The van der Waals surface area contributed by atoms with Gasteiger partial charge in [-0.15, -0.1) is 0 Å². The smallest absolute Gasteiger partial charge is 0.319 e. The van der Waals surface area contributed by atoms with Crippen LogP contribution >= 0.6 is 0 Å². The first-order valence-electron chi connectivity index (χ1n) is 10.5. The predicted octanol–water partition coefficient (Wildman–Crippen LogP) is 4.87. The summed E-state index contributed by atoms with van der Waals surface area (Å²) in [6.45, 7) is 4.36. The molecular weight excluding hydrogens is 322 g/mol. The van der Waals surface area contributed by atoms with E-state index >= 15 is 0 Å². The van der Waals surface area contributed by atoms with E-state index in [4.69, 9.17) is 0 Å². The highest BCUT2D eigenvalue weighted by molar-refractivity contribution is 5.89. The Morgan fingerprint density at radius 2 is 1.58 bits per heavy atom. The van der Waals surface area contributed by atoms with E-state index in [9.17, 15) is 4.79 Å². The van der Waals surface area contributed by atoms with E-state index in [1.807, 2.05) is 12.1 Å². The van der Waals surface area contributed by atoms with Crippen molar-refractivity contribution in [3.63, 3.8) is 0 Å². The van der Waals surface area contributed by atoms with Gasteiger partial charge in [-0.1, -0.05) is 38.8 Å². The number of hydrogen-bond acceptors (Lipinski definition) is 2. The molecule has 2 aliphatic heterocycles. The zero-order valence-electron chi connectivity index (χ0n) is 16.2. The Labute approximate surface area is 157 Å². The molecule has 0 radical (unpaired) electrons. The van der Waals surface area contributed by atoms with Gasteiger partial charge >= 0.3 is 6.03 Å². The van der Waals surface area contributed by atoms with E-state index in [0.29, 0.717) is 24.0 Å². The van der Waals surface area contributed by atoms with Gasteiger partial charge in [0.2, 0.25) is 0 Å². The van der Waals surface area contributed by atoms with Crippen LogP contribution in [0.5, 0.6) is 0 Å².